The zero-order valence-corrected chi connectivity index (χ0v) is 17.5. The summed E-state index contributed by atoms with van der Waals surface area (Å²) in [6.45, 7) is 0.134. The highest BCUT2D eigenvalue weighted by Crippen LogP contribution is 2.42. The van der Waals surface area contributed by atoms with Gasteiger partial charge in [0.2, 0.25) is 0 Å². The number of aromatic nitrogens is 1. The van der Waals surface area contributed by atoms with Gasteiger partial charge in [0.15, 0.2) is 12.4 Å². The molecule has 1 aliphatic heterocycles. The molecule has 32 heavy (non-hydrogen) atoms. The van der Waals surface area contributed by atoms with E-state index in [0.29, 0.717) is 40.9 Å². The molecular weight excluding hydrogens is 447 g/mol. The van der Waals surface area contributed by atoms with E-state index in [1.54, 1.807) is 12.1 Å². The lowest BCUT2D eigenvalue weighted by molar-refractivity contribution is -0.139. The zero-order valence-electron chi connectivity index (χ0n) is 16.6. The van der Waals surface area contributed by atoms with Crippen LogP contribution in [0.1, 0.15) is 23.2 Å². The minimum absolute atomic E-state index is 0.380. The van der Waals surface area contributed by atoms with Gasteiger partial charge in [0.25, 0.3) is 0 Å². The maximum absolute atomic E-state index is 12.7. The molecule has 2 heterocycles. The summed E-state index contributed by atoms with van der Waals surface area (Å²) in [5.74, 6) is 0.955. The van der Waals surface area contributed by atoms with Crippen molar-refractivity contribution in [2.45, 2.75) is 29.7 Å². The van der Waals surface area contributed by atoms with Crippen molar-refractivity contribution >= 4 is 17.7 Å². The molecule has 0 spiro atoms. The highest BCUT2D eigenvalue weighted by molar-refractivity contribution is 7.98. The first-order valence-electron chi connectivity index (χ1n) is 9.70. The van der Waals surface area contributed by atoms with Crippen molar-refractivity contribution in [1.29, 1.82) is 0 Å². The molecule has 0 saturated heterocycles. The van der Waals surface area contributed by atoms with Crippen LogP contribution in [0, 0.1) is 0 Å². The number of hydrogen-bond donors (Lipinski definition) is 1. The normalized spacial score (nSPS) is 13.3. The lowest BCUT2D eigenvalue weighted by Gasteiger charge is -2.22. The van der Waals surface area contributed by atoms with E-state index in [4.69, 9.17) is 19.1 Å². The van der Waals surface area contributed by atoms with Gasteiger partial charge in [0, 0.05) is 22.9 Å². The third-order valence-corrected chi connectivity index (χ3v) is 5.85. The summed E-state index contributed by atoms with van der Waals surface area (Å²) in [6.07, 6.45) is -2.86. The number of ether oxygens (including phenoxy) is 2. The second kappa shape index (κ2) is 9.15. The smallest absolute Gasteiger partial charge is 0.416 e. The van der Waals surface area contributed by atoms with E-state index in [1.807, 2.05) is 6.07 Å². The van der Waals surface area contributed by atoms with Gasteiger partial charge in [-0.25, -0.2) is 4.79 Å². The molecule has 168 valence electrons. The first-order chi connectivity index (χ1) is 15.3. The first kappa shape index (κ1) is 22.1. The third kappa shape index (κ3) is 5.01. The van der Waals surface area contributed by atoms with E-state index in [9.17, 15) is 18.0 Å². The molecule has 2 aromatic carbocycles. The fourth-order valence-corrected chi connectivity index (χ4v) is 4.20. The molecule has 1 N–H and O–H groups in total. The number of aliphatic carboxylic acids is 1. The molecule has 1 aliphatic rings. The molecular formula is C22H18F3NO5S. The van der Waals surface area contributed by atoms with Crippen molar-refractivity contribution in [3.8, 4) is 22.8 Å². The van der Waals surface area contributed by atoms with Crippen LogP contribution in [0.25, 0.3) is 11.3 Å². The number of hydrogen-bond acceptors (Lipinski definition) is 6. The maximum Gasteiger partial charge on any atom is 0.416 e. The minimum atomic E-state index is -4.39. The molecule has 0 aliphatic carbocycles. The summed E-state index contributed by atoms with van der Waals surface area (Å²) in [4.78, 5) is 11.7. The molecule has 0 unspecified atom stereocenters. The summed E-state index contributed by atoms with van der Waals surface area (Å²) < 4.78 is 54.7. The number of halogens is 3. The van der Waals surface area contributed by atoms with E-state index in [1.165, 1.54) is 23.9 Å². The Labute approximate surface area is 185 Å². The number of alkyl halides is 3. The van der Waals surface area contributed by atoms with Crippen molar-refractivity contribution in [2.24, 2.45) is 0 Å². The summed E-state index contributed by atoms with van der Waals surface area (Å²) in [7, 11) is 0. The van der Waals surface area contributed by atoms with Crippen molar-refractivity contribution in [3.63, 3.8) is 0 Å². The Balaban J connectivity index is 1.46. The lowest BCUT2D eigenvalue weighted by atomic mass is 10.1. The van der Waals surface area contributed by atoms with Crippen LogP contribution in [-0.4, -0.2) is 29.4 Å². The number of nitrogens with zero attached hydrogens (tertiary/aromatic N) is 1. The summed E-state index contributed by atoms with van der Waals surface area (Å²) in [5, 5.41) is 12.9. The SMILES string of the molecule is O=C(O)COc1ccc(SCc2cc(-c3ccc(C(F)(F)F)cc3)on2)c2c1CCCO2. The van der Waals surface area contributed by atoms with Gasteiger partial charge >= 0.3 is 12.1 Å². The Morgan fingerprint density at radius 3 is 2.69 bits per heavy atom. The summed E-state index contributed by atoms with van der Waals surface area (Å²) >= 11 is 1.47. The number of fused-ring (bicyclic) bond motifs is 1. The number of thioether (sulfide) groups is 1. The van der Waals surface area contributed by atoms with Gasteiger partial charge in [0.05, 0.1) is 22.8 Å². The van der Waals surface area contributed by atoms with Crippen LogP contribution in [0.3, 0.4) is 0 Å². The predicted octanol–water partition coefficient (Wildman–Crippen LogP) is 5.44. The average molecular weight is 465 g/mol. The Hall–Kier alpha value is -3.14. The van der Waals surface area contributed by atoms with E-state index < -0.39 is 24.3 Å². The predicted molar refractivity (Wildman–Crippen MR) is 110 cm³/mol. The second-order valence-electron chi connectivity index (χ2n) is 7.05. The van der Waals surface area contributed by atoms with Crippen LogP contribution in [0.15, 0.2) is 51.9 Å². The second-order valence-corrected chi connectivity index (χ2v) is 8.07. The zero-order chi connectivity index (χ0) is 22.7. The number of benzene rings is 2. The van der Waals surface area contributed by atoms with Crippen LogP contribution in [0.2, 0.25) is 0 Å². The van der Waals surface area contributed by atoms with Gasteiger partial charge in [-0.15, -0.1) is 11.8 Å². The van der Waals surface area contributed by atoms with Crippen LogP contribution < -0.4 is 9.47 Å². The molecule has 0 fully saturated rings. The van der Waals surface area contributed by atoms with Gasteiger partial charge < -0.3 is 19.1 Å². The Morgan fingerprint density at radius 2 is 1.97 bits per heavy atom. The molecule has 0 radical (unpaired) electrons. The van der Waals surface area contributed by atoms with Gasteiger partial charge in [-0.3, -0.25) is 0 Å². The van der Waals surface area contributed by atoms with Gasteiger partial charge in [-0.2, -0.15) is 13.2 Å². The van der Waals surface area contributed by atoms with Crippen molar-refractivity contribution < 1.29 is 37.1 Å². The van der Waals surface area contributed by atoms with Gasteiger partial charge in [-0.05, 0) is 37.1 Å². The van der Waals surface area contributed by atoms with Crippen molar-refractivity contribution in [2.75, 3.05) is 13.2 Å². The van der Waals surface area contributed by atoms with Crippen LogP contribution in [0.4, 0.5) is 13.2 Å². The number of rotatable bonds is 7. The monoisotopic (exact) mass is 465 g/mol. The third-order valence-electron chi connectivity index (χ3n) is 4.78. The molecule has 3 aromatic rings. The summed E-state index contributed by atoms with van der Waals surface area (Å²) in [6, 6.07) is 9.93. The Morgan fingerprint density at radius 1 is 1.19 bits per heavy atom. The van der Waals surface area contributed by atoms with E-state index in [-0.39, 0.29) is 0 Å². The van der Waals surface area contributed by atoms with Gasteiger partial charge in [0.1, 0.15) is 11.5 Å². The van der Waals surface area contributed by atoms with Gasteiger partial charge in [-0.1, -0.05) is 17.3 Å². The van der Waals surface area contributed by atoms with E-state index >= 15 is 0 Å². The number of carboxylic acids is 1. The van der Waals surface area contributed by atoms with E-state index in [2.05, 4.69) is 5.16 Å². The molecule has 6 nitrogen and oxygen atoms in total. The standard InChI is InChI=1S/C22H18F3NO5S/c23-22(24,25)14-5-3-13(4-6-14)18-10-15(26-31-18)12-32-19-8-7-17(30-11-20(27)28)16-2-1-9-29-21(16)19/h3-8,10H,1-2,9,11-12H2,(H,27,28). The number of carbonyl (C=O) groups is 1. The van der Waals surface area contributed by atoms with Crippen LogP contribution in [-0.2, 0) is 23.1 Å². The minimum Gasteiger partial charge on any atom is -0.492 e. The summed E-state index contributed by atoms with van der Waals surface area (Å²) in [5.41, 5.74) is 1.24. The lowest BCUT2D eigenvalue weighted by Crippen LogP contribution is -2.14. The highest BCUT2D eigenvalue weighted by atomic mass is 32.2. The largest absolute Gasteiger partial charge is 0.492 e. The quantitative estimate of drug-likeness (QED) is 0.465. The Kier molecular flexibility index (Phi) is 6.31. The fourth-order valence-electron chi connectivity index (χ4n) is 3.29. The number of carboxylic acid groups (broad SMARTS) is 1. The first-order valence-corrected chi connectivity index (χ1v) is 10.7. The fraction of sp³-hybridized carbons (Fsp3) is 0.273. The molecule has 4 rings (SSSR count). The maximum atomic E-state index is 12.7. The van der Waals surface area contributed by atoms with Crippen molar-refractivity contribution in [1.82, 2.24) is 5.16 Å². The molecule has 0 saturated carbocycles. The topological polar surface area (TPSA) is 81.8 Å². The highest BCUT2D eigenvalue weighted by Gasteiger charge is 2.30. The van der Waals surface area contributed by atoms with Crippen LogP contribution in [0.5, 0.6) is 11.5 Å². The molecule has 0 bridgehead atoms. The van der Waals surface area contributed by atoms with Crippen LogP contribution >= 0.6 is 11.8 Å². The van der Waals surface area contributed by atoms with E-state index in [0.717, 1.165) is 35.4 Å². The molecule has 10 heteroatoms. The van der Waals surface area contributed by atoms with Crippen molar-refractivity contribution in [3.05, 3.63) is 59.3 Å². The average Bonchev–Trinajstić information content (AvgIpc) is 3.25. The molecule has 0 amide bonds. The molecule has 1 aromatic heterocycles. The molecule has 0 atom stereocenters. The Bertz CT molecular complexity index is 1110.